The number of hydrogen-bond acceptors (Lipinski definition) is 3. The second-order valence-electron chi connectivity index (χ2n) is 4.85. The molecule has 1 aromatic rings. The second-order valence-corrected chi connectivity index (χ2v) is 4.85. The first-order valence-corrected chi connectivity index (χ1v) is 6.72. The molecule has 1 atom stereocenters. The molecule has 1 N–H and O–H groups in total. The van der Waals surface area contributed by atoms with Crippen molar-refractivity contribution in [3.05, 3.63) is 24.3 Å². The summed E-state index contributed by atoms with van der Waals surface area (Å²) in [5.74, 6) is 0.304. The van der Waals surface area contributed by atoms with Gasteiger partial charge in [-0.3, -0.25) is 0 Å². The average molecular weight is 289 g/mol. The van der Waals surface area contributed by atoms with E-state index in [0.29, 0.717) is 11.8 Å². The van der Waals surface area contributed by atoms with Gasteiger partial charge in [0, 0.05) is 12.6 Å². The van der Waals surface area contributed by atoms with Gasteiger partial charge >= 0.3 is 6.36 Å². The van der Waals surface area contributed by atoms with Crippen molar-refractivity contribution < 1.29 is 22.6 Å². The van der Waals surface area contributed by atoms with Crippen LogP contribution in [0.5, 0.6) is 11.5 Å². The normalized spacial score (nSPS) is 16.8. The maximum atomic E-state index is 12.0. The van der Waals surface area contributed by atoms with E-state index in [1.54, 1.807) is 0 Å². The molecule has 0 bridgehead atoms. The van der Waals surface area contributed by atoms with Crippen molar-refractivity contribution in [2.75, 3.05) is 6.54 Å². The molecule has 6 heteroatoms. The first-order chi connectivity index (χ1) is 9.46. The summed E-state index contributed by atoms with van der Waals surface area (Å²) in [4.78, 5) is 0. The molecular weight excluding hydrogens is 271 g/mol. The highest BCUT2D eigenvalue weighted by atomic mass is 19.4. The van der Waals surface area contributed by atoms with Crippen LogP contribution in [0.3, 0.4) is 0 Å². The minimum Gasteiger partial charge on any atom is -0.489 e. The Morgan fingerprint density at radius 2 is 1.80 bits per heavy atom. The SMILES string of the molecule is CCC(CNC1CC1)Oc1ccc(OC(F)(F)F)cc1. The van der Waals surface area contributed by atoms with Crippen LogP contribution in [-0.4, -0.2) is 25.1 Å². The van der Waals surface area contributed by atoms with E-state index < -0.39 is 6.36 Å². The quantitative estimate of drug-likeness (QED) is 0.833. The number of halogens is 3. The van der Waals surface area contributed by atoms with E-state index in [-0.39, 0.29) is 11.9 Å². The van der Waals surface area contributed by atoms with Crippen LogP contribution in [0.1, 0.15) is 26.2 Å². The van der Waals surface area contributed by atoms with Gasteiger partial charge in [-0.25, -0.2) is 0 Å². The minimum absolute atomic E-state index is 0.0185. The molecule has 0 aromatic heterocycles. The summed E-state index contributed by atoms with van der Waals surface area (Å²) in [5, 5.41) is 3.37. The monoisotopic (exact) mass is 289 g/mol. The van der Waals surface area contributed by atoms with Gasteiger partial charge in [0.1, 0.15) is 17.6 Å². The zero-order valence-corrected chi connectivity index (χ0v) is 11.2. The van der Waals surface area contributed by atoms with Gasteiger partial charge in [-0.2, -0.15) is 0 Å². The van der Waals surface area contributed by atoms with Crippen LogP contribution in [0.4, 0.5) is 13.2 Å². The van der Waals surface area contributed by atoms with Gasteiger partial charge in [0.05, 0.1) is 0 Å². The Morgan fingerprint density at radius 1 is 1.20 bits per heavy atom. The predicted molar refractivity (Wildman–Crippen MR) is 68.9 cm³/mol. The van der Waals surface area contributed by atoms with E-state index in [1.807, 2.05) is 6.92 Å². The number of ether oxygens (including phenoxy) is 2. The van der Waals surface area contributed by atoms with Crippen LogP contribution >= 0.6 is 0 Å². The van der Waals surface area contributed by atoms with E-state index in [1.165, 1.54) is 37.1 Å². The molecule has 2 rings (SSSR count). The molecule has 0 heterocycles. The van der Waals surface area contributed by atoms with E-state index in [9.17, 15) is 13.2 Å². The molecule has 3 nitrogen and oxygen atoms in total. The highest BCUT2D eigenvalue weighted by Gasteiger charge is 2.31. The van der Waals surface area contributed by atoms with Crippen molar-refractivity contribution in [3.8, 4) is 11.5 Å². The summed E-state index contributed by atoms with van der Waals surface area (Å²) in [6.45, 7) is 2.77. The summed E-state index contributed by atoms with van der Waals surface area (Å²) in [6.07, 6.45) is -1.40. The Balaban J connectivity index is 1.84. The molecule has 1 unspecified atom stereocenters. The van der Waals surface area contributed by atoms with Crippen LogP contribution in [0.15, 0.2) is 24.3 Å². The highest BCUT2D eigenvalue weighted by Crippen LogP contribution is 2.25. The Hall–Kier alpha value is -1.43. The van der Waals surface area contributed by atoms with Crippen LogP contribution in [0.25, 0.3) is 0 Å². The topological polar surface area (TPSA) is 30.5 Å². The summed E-state index contributed by atoms with van der Waals surface area (Å²) in [7, 11) is 0. The fourth-order valence-electron chi connectivity index (χ4n) is 1.77. The van der Waals surface area contributed by atoms with Gasteiger partial charge in [-0.1, -0.05) is 6.92 Å². The van der Waals surface area contributed by atoms with Gasteiger partial charge in [0.15, 0.2) is 0 Å². The number of hydrogen-bond donors (Lipinski definition) is 1. The fraction of sp³-hybridized carbons (Fsp3) is 0.571. The van der Waals surface area contributed by atoms with Crippen LogP contribution in [0.2, 0.25) is 0 Å². The molecule has 0 amide bonds. The lowest BCUT2D eigenvalue weighted by molar-refractivity contribution is -0.274. The Morgan fingerprint density at radius 3 is 2.30 bits per heavy atom. The molecule has 0 saturated heterocycles. The molecule has 112 valence electrons. The first-order valence-electron chi connectivity index (χ1n) is 6.72. The van der Waals surface area contributed by atoms with E-state index in [0.717, 1.165) is 13.0 Å². The Kier molecular flexibility index (Phi) is 4.75. The molecule has 20 heavy (non-hydrogen) atoms. The van der Waals surface area contributed by atoms with Gasteiger partial charge < -0.3 is 14.8 Å². The zero-order valence-electron chi connectivity index (χ0n) is 11.2. The zero-order chi connectivity index (χ0) is 14.6. The standard InChI is InChI=1S/C14H18F3NO2/c1-2-11(9-18-10-3-4-10)19-12-5-7-13(8-6-12)20-14(15,16)17/h5-8,10-11,18H,2-4,9H2,1H3. The Bertz CT molecular complexity index is 415. The van der Waals surface area contributed by atoms with Crippen molar-refractivity contribution in [3.63, 3.8) is 0 Å². The molecule has 1 aromatic carbocycles. The third-order valence-corrected chi connectivity index (χ3v) is 3.03. The third kappa shape index (κ3) is 5.28. The number of benzene rings is 1. The molecular formula is C14H18F3NO2. The molecule has 1 saturated carbocycles. The van der Waals surface area contributed by atoms with Crippen molar-refractivity contribution >= 4 is 0 Å². The molecule has 0 radical (unpaired) electrons. The van der Waals surface area contributed by atoms with Gasteiger partial charge in [-0.05, 0) is 43.5 Å². The molecule has 1 aliphatic rings. The third-order valence-electron chi connectivity index (χ3n) is 3.03. The summed E-state index contributed by atoms with van der Waals surface area (Å²) in [6, 6.07) is 6.09. The van der Waals surface area contributed by atoms with Crippen molar-refractivity contribution in [2.45, 2.75) is 44.7 Å². The lowest BCUT2D eigenvalue weighted by Crippen LogP contribution is -2.32. The van der Waals surface area contributed by atoms with Crippen molar-refractivity contribution in [1.29, 1.82) is 0 Å². The number of alkyl halides is 3. The first kappa shape index (κ1) is 15.0. The van der Waals surface area contributed by atoms with Gasteiger partial charge in [-0.15, -0.1) is 13.2 Å². The molecule has 0 spiro atoms. The lowest BCUT2D eigenvalue weighted by atomic mass is 10.2. The van der Waals surface area contributed by atoms with Crippen molar-refractivity contribution in [2.24, 2.45) is 0 Å². The van der Waals surface area contributed by atoms with Gasteiger partial charge in [0.2, 0.25) is 0 Å². The van der Waals surface area contributed by atoms with E-state index in [4.69, 9.17) is 4.74 Å². The summed E-state index contributed by atoms with van der Waals surface area (Å²) >= 11 is 0. The van der Waals surface area contributed by atoms with E-state index >= 15 is 0 Å². The number of nitrogens with one attached hydrogen (secondary N) is 1. The maximum absolute atomic E-state index is 12.0. The lowest BCUT2D eigenvalue weighted by Gasteiger charge is -2.18. The van der Waals surface area contributed by atoms with Crippen LogP contribution < -0.4 is 14.8 Å². The summed E-state index contributed by atoms with van der Waals surface area (Å²) < 4.78 is 45.6. The maximum Gasteiger partial charge on any atom is 0.573 e. The molecule has 1 aliphatic carbocycles. The van der Waals surface area contributed by atoms with Crippen LogP contribution in [-0.2, 0) is 0 Å². The van der Waals surface area contributed by atoms with Crippen LogP contribution in [0, 0.1) is 0 Å². The predicted octanol–water partition coefficient (Wildman–Crippen LogP) is 3.49. The Labute approximate surface area is 116 Å². The fourth-order valence-corrected chi connectivity index (χ4v) is 1.77. The average Bonchev–Trinajstić information content (AvgIpc) is 3.19. The largest absolute Gasteiger partial charge is 0.573 e. The second kappa shape index (κ2) is 6.35. The van der Waals surface area contributed by atoms with E-state index in [2.05, 4.69) is 10.1 Å². The van der Waals surface area contributed by atoms with Crippen molar-refractivity contribution in [1.82, 2.24) is 5.32 Å². The highest BCUT2D eigenvalue weighted by molar-refractivity contribution is 5.31. The molecule has 0 aliphatic heterocycles. The summed E-state index contributed by atoms with van der Waals surface area (Å²) in [5.41, 5.74) is 0. The van der Waals surface area contributed by atoms with Gasteiger partial charge in [0.25, 0.3) is 0 Å². The smallest absolute Gasteiger partial charge is 0.489 e. The molecule has 1 fully saturated rings. The number of rotatable bonds is 7. The minimum atomic E-state index is -4.66.